The predicted octanol–water partition coefficient (Wildman–Crippen LogP) is 3.96. The Balaban J connectivity index is 1.43. The first-order chi connectivity index (χ1) is 15.9. The molecule has 0 aromatic heterocycles. The molecule has 0 spiro atoms. The molecule has 1 saturated heterocycles. The van der Waals surface area contributed by atoms with Crippen LogP contribution in [0.5, 0.6) is 11.5 Å². The van der Waals surface area contributed by atoms with Crippen molar-refractivity contribution >= 4 is 35.1 Å². The third kappa shape index (κ3) is 8.11. The molecule has 9 heteroatoms. The lowest BCUT2D eigenvalue weighted by molar-refractivity contribution is -0.149. The Bertz CT molecular complexity index is 908. The fraction of sp³-hybridized carbons (Fsp3) is 0.417. The topological polar surface area (TPSA) is 77.1 Å². The van der Waals surface area contributed by atoms with Crippen molar-refractivity contribution in [3.8, 4) is 11.5 Å². The maximum absolute atomic E-state index is 12.4. The van der Waals surface area contributed by atoms with E-state index in [1.165, 1.54) is 7.11 Å². The van der Waals surface area contributed by atoms with Gasteiger partial charge in [0, 0.05) is 29.2 Å². The number of esters is 1. The molecule has 33 heavy (non-hydrogen) atoms. The van der Waals surface area contributed by atoms with E-state index in [-0.39, 0.29) is 24.5 Å². The van der Waals surface area contributed by atoms with Crippen LogP contribution < -0.4 is 14.8 Å². The van der Waals surface area contributed by atoms with E-state index in [0.29, 0.717) is 41.9 Å². The van der Waals surface area contributed by atoms with E-state index in [4.69, 9.17) is 37.4 Å². The van der Waals surface area contributed by atoms with E-state index in [0.717, 1.165) is 18.6 Å². The van der Waals surface area contributed by atoms with Crippen LogP contribution in [0, 0.1) is 0 Å². The summed E-state index contributed by atoms with van der Waals surface area (Å²) in [7, 11) is 1.38. The largest absolute Gasteiger partial charge is 0.494 e. The van der Waals surface area contributed by atoms with Crippen molar-refractivity contribution in [3.05, 3.63) is 58.6 Å². The number of likely N-dealkylation sites (tertiary alicyclic amines) is 1. The molecule has 1 heterocycles. The van der Waals surface area contributed by atoms with Crippen LogP contribution in [0.15, 0.2) is 48.5 Å². The number of amides is 1. The summed E-state index contributed by atoms with van der Waals surface area (Å²) in [5.41, 5.74) is 0. The minimum atomic E-state index is -0.415. The summed E-state index contributed by atoms with van der Waals surface area (Å²) in [6.45, 7) is 1.78. The van der Waals surface area contributed by atoms with Crippen molar-refractivity contribution < 1.29 is 23.8 Å². The fourth-order valence-corrected chi connectivity index (χ4v) is 3.98. The van der Waals surface area contributed by atoms with Gasteiger partial charge in [-0.05, 0) is 67.8 Å². The first-order valence-electron chi connectivity index (χ1n) is 10.8. The number of nitrogens with one attached hydrogen (secondary N) is 1. The number of methoxy groups -OCH3 is 1. The lowest BCUT2D eigenvalue weighted by atomic mass is 9.96. The molecule has 1 N–H and O–H groups in total. The second-order valence-electron chi connectivity index (χ2n) is 7.76. The SMILES string of the molecule is COC(=O)C1CC(NC(=O)COc2ccc(Cl)cc2)CCN1CCCOc1ccc(Cl)cc1. The Kier molecular flexibility index (Phi) is 9.66. The van der Waals surface area contributed by atoms with Gasteiger partial charge in [-0.25, -0.2) is 0 Å². The van der Waals surface area contributed by atoms with Gasteiger partial charge in [-0.15, -0.1) is 0 Å². The molecule has 1 amide bonds. The molecule has 0 bridgehead atoms. The molecule has 1 aliphatic rings. The molecule has 0 radical (unpaired) electrons. The summed E-state index contributed by atoms with van der Waals surface area (Å²) >= 11 is 11.7. The van der Waals surface area contributed by atoms with Crippen LogP contribution in [-0.2, 0) is 14.3 Å². The average molecular weight is 495 g/mol. The number of carbonyl (C=O) groups is 2. The maximum Gasteiger partial charge on any atom is 0.323 e. The number of ether oxygens (including phenoxy) is 3. The second-order valence-corrected chi connectivity index (χ2v) is 8.64. The fourth-order valence-electron chi connectivity index (χ4n) is 3.73. The Hall–Kier alpha value is -2.48. The van der Waals surface area contributed by atoms with Crippen molar-refractivity contribution in [1.29, 1.82) is 0 Å². The number of piperidine rings is 1. The zero-order valence-electron chi connectivity index (χ0n) is 18.5. The van der Waals surface area contributed by atoms with Crippen molar-refractivity contribution in [2.75, 3.05) is 33.4 Å². The highest BCUT2D eigenvalue weighted by Crippen LogP contribution is 2.20. The van der Waals surface area contributed by atoms with E-state index in [2.05, 4.69) is 10.2 Å². The first kappa shape index (κ1) is 25.1. The molecule has 3 rings (SSSR count). The molecule has 1 aliphatic heterocycles. The van der Waals surface area contributed by atoms with Gasteiger partial charge >= 0.3 is 5.97 Å². The van der Waals surface area contributed by atoms with E-state index in [9.17, 15) is 9.59 Å². The second kappa shape index (κ2) is 12.7. The van der Waals surface area contributed by atoms with Crippen molar-refractivity contribution in [2.24, 2.45) is 0 Å². The van der Waals surface area contributed by atoms with Crippen LogP contribution in [-0.4, -0.2) is 62.3 Å². The number of halogens is 2. The van der Waals surface area contributed by atoms with Crippen LogP contribution >= 0.6 is 23.2 Å². The summed E-state index contributed by atoms with van der Waals surface area (Å²) in [4.78, 5) is 26.8. The Morgan fingerprint density at radius 1 is 1.00 bits per heavy atom. The number of nitrogens with zero attached hydrogens (tertiary/aromatic N) is 1. The third-order valence-electron chi connectivity index (χ3n) is 5.41. The zero-order chi connectivity index (χ0) is 23.6. The summed E-state index contributed by atoms with van der Waals surface area (Å²) in [5.74, 6) is 0.789. The summed E-state index contributed by atoms with van der Waals surface area (Å²) in [6.07, 6.45) is 1.97. The van der Waals surface area contributed by atoms with Crippen LogP contribution in [0.4, 0.5) is 0 Å². The monoisotopic (exact) mass is 494 g/mol. The molecular weight excluding hydrogens is 467 g/mol. The summed E-state index contributed by atoms with van der Waals surface area (Å²) < 4.78 is 16.2. The van der Waals surface area contributed by atoms with Gasteiger partial charge in [0.1, 0.15) is 17.5 Å². The van der Waals surface area contributed by atoms with Crippen molar-refractivity contribution in [2.45, 2.75) is 31.3 Å². The highest BCUT2D eigenvalue weighted by Gasteiger charge is 2.34. The number of hydrogen-bond acceptors (Lipinski definition) is 6. The van der Waals surface area contributed by atoms with Gasteiger partial charge < -0.3 is 19.5 Å². The molecule has 2 aromatic carbocycles. The third-order valence-corrected chi connectivity index (χ3v) is 5.91. The van der Waals surface area contributed by atoms with Crippen molar-refractivity contribution in [3.63, 3.8) is 0 Å². The molecule has 2 unspecified atom stereocenters. The van der Waals surface area contributed by atoms with Crippen molar-refractivity contribution in [1.82, 2.24) is 10.2 Å². The minimum Gasteiger partial charge on any atom is -0.494 e. The molecule has 2 aromatic rings. The van der Waals surface area contributed by atoms with Gasteiger partial charge in [-0.1, -0.05) is 23.2 Å². The highest BCUT2D eigenvalue weighted by molar-refractivity contribution is 6.30. The van der Waals surface area contributed by atoms with E-state index in [1.807, 2.05) is 12.1 Å². The number of benzene rings is 2. The summed E-state index contributed by atoms with van der Waals surface area (Å²) in [5, 5.41) is 4.23. The normalized spacial score (nSPS) is 18.4. The predicted molar refractivity (Wildman–Crippen MR) is 127 cm³/mol. The van der Waals surface area contributed by atoms with Gasteiger partial charge in [0.2, 0.25) is 0 Å². The Morgan fingerprint density at radius 2 is 1.61 bits per heavy atom. The van der Waals surface area contributed by atoms with Gasteiger partial charge in [0.05, 0.1) is 13.7 Å². The quantitative estimate of drug-likeness (QED) is 0.397. The van der Waals surface area contributed by atoms with Gasteiger partial charge in [0.15, 0.2) is 6.61 Å². The zero-order valence-corrected chi connectivity index (χ0v) is 20.0. The lowest BCUT2D eigenvalue weighted by Crippen LogP contribution is -2.54. The number of hydrogen-bond donors (Lipinski definition) is 1. The molecular formula is C24H28Cl2N2O5. The van der Waals surface area contributed by atoms with Gasteiger partial charge in [-0.2, -0.15) is 0 Å². The van der Waals surface area contributed by atoms with E-state index < -0.39 is 6.04 Å². The highest BCUT2D eigenvalue weighted by atomic mass is 35.5. The van der Waals surface area contributed by atoms with Crippen LogP contribution in [0.2, 0.25) is 10.0 Å². The molecule has 2 atom stereocenters. The summed E-state index contributed by atoms with van der Waals surface area (Å²) in [6, 6.07) is 13.5. The van der Waals surface area contributed by atoms with E-state index in [1.54, 1.807) is 36.4 Å². The smallest absolute Gasteiger partial charge is 0.323 e. The number of rotatable bonds is 10. The maximum atomic E-state index is 12.4. The minimum absolute atomic E-state index is 0.104. The van der Waals surface area contributed by atoms with E-state index >= 15 is 0 Å². The Morgan fingerprint density at radius 3 is 2.21 bits per heavy atom. The lowest BCUT2D eigenvalue weighted by Gasteiger charge is -2.38. The first-order valence-corrected chi connectivity index (χ1v) is 11.6. The van der Waals surface area contributed by atoms with Gasteiger partial charge in [0.25, 0.3) is 5.91 Å². The Labute approximate surface area is 203 Å². The number of carbonyl (C=O) groups excluding carboxylic acids is 2. The van der Waals surface area contributed by atoms with Crippen LogP contribution in [0.3, 0.4) is 0 Å². The molecule has 0 saturated carbocycles. The molecule has 178 valence electrons. The molecule has 1 fully saturated rings. The standard InChI is InChI=1S/C24H28Cl2N2O5/c1-31-24(30)22-15-19(27-23(29)16-33-21-9-5-18(26)6-10-21)11-13-28(22)12-2-14-32-20-7-3-17(25)4-8-20/h3-10,19,22H,2,11-16H2,1H3,(H,27,29). The average Bonchev–Trinajstić information content (AvgIpc) is 2.82. The van der Waals surface area contributed by atoms with Gasteiger partial charge in [-0.3, -0.25) is 14.5 Å². The van der Waals surface area contributed by atoms with Crippen LogP contribution in [0.1, 0.15) is 19.3 Å². The molecule has 0 aliphatic carbocycles. The molecule has 7 nitrogen and oxygen atoms in total. The van der Waals surface area contributed by atoms with Crippen LogP contribution in [0.25, 0.3) is 0 Å².